The van der Waals surface area contributed by atoms with Crippen LogP contribution in [0.15, 0.2) is 29.4 Å². The minimum atomic E-state index is -0.0671. The summed E-state index contributed by atoms with van der Waals surface area (Å²) in [5.41, 5.74) is 1.18. The molecule has 1 aromatic heterocycles. The van der Waals surface area contributed by atoms with E-state index >= 15 is 0 Å². The average molecular weight is 341 g/mol. The van der Waals surface area contributed by atoms with E-state index in [-0.39, 0.29) is 5.91 Å². The highest BCUT2D eigenvalue weighted by Crippen LogP contribution is 2.40. The Kier molecular flexibility index (Phi) is 5.16. The molecule has 1 heterocycles. The van der Waals surface area contributed by atoms with E-state index in [1.807, 2.05) is 0 Å². The number of thioether (sulfide) groups is 1. The molecule has 6 nitrogen and oxygen atoms in total. The quantitative estimate of drug-likeness (QED) is 0.782. The highest BCUT2D eigenvalue weighted by molar-refractivity contribution is 7.99. The van der Waals surface area contributed by atoms with Crippen molar-refractivity contribution in [1.29, 1.82) is 5.26 Å². The van der Waals surface area contributed by atoms with E-state index in [1.165, 1.54) is 12.8 Å². The lowest BCUT2D eigenvalue weighted by atomic mass is 10.2. The van der Waals surface area contributed by atoms with Crippen LogP contribution >= 0.6 is 11.8 Å². The van der Waals surface area contributed by atoms with Crippen molar-refractivity contribution < 1.29 is 4.79 Å². The lowest BCUT2D eigenvalue weighted by molar-refractivity contribution is -0.115. The standard InChI is InChI=1S/C17H19N5OS/c1-2-22-16(13-6-7-13)20-21-17(22)24-9-8-15(23)19-14-5-3-4-12(10-14)11-18/h3-5,10,13H,2,6-9H2,1H3,(H,19,23). The van der Waals surface area contributed by atoms with E-state index in [0.717, 1.165) is 17.5 Å². The Labute approximate surface area is 145 Å². The molecule has 1 N–H and O–H groups in total. The zero-order chi connectivity index (χ0) is 16.9. The van der Waals surface area contributed by atoms with Crippen LogP contribution < -0.4 is 5.32 Å². The summed E-state index contributed by atoms with van der Waals surface area (Å²) in [7, 11) is 0. The molecule has 1 aliphatic rings. The third kappa shape index (κ3) is 3.95. The molecule has 1 amide bonds. The Morgan fingerprint density at radius 1 is 1.46 bits per heavy atom. The van der Waals surface area contributed by atoms with Crippen LogP contribution in [0.4, 0.5) is 5.69 Å². The predicted octanol–water partition coefficient (Wildman–Crippen LogP) is 3.17. The molecule has 0 saturated heterocycles. The number of nitrogens with zero attached hydrogens (tertiary/aromatic N) is 4. The lowest BCUT2D eigenvalue weighted by Crippen LogP contribution is -2.12. The number of amides is 1. The number of aromatic nitrogens is 3. The summed E-state index contributed by atoms with van der Waals surface area (Å²) in [6.07, 6.45) is 2.79. The van der Waals surface area contributed by atoms with Gasteiger partial charge in [0.15, 0.2) is 5.16 Å². The fourth-order valence-corrected chi connectivity index (χ4v) is 3.42. The van der Waals surface area contributed by atoms with E-state index in [0.29, 0.717) is 29.3 Å². The summed E-state index contributed by atoms with van der Waals surface area (Å²) in [6.45, 7) is 2.95. The molecule has 0 unspecified atom stereocenters. The van der Waals surface area contributed by atoms with Gasteiger partial charge in [0.25, 0.3) is 0 Å². The van der Waals surface area contributed by atoms with E-state index in [2.05, 4.69) is 33.1 Å². The van der Waals surface area contributed by atoms with Gasteiger partial charge < -0.3 is 9.88 Å². The van der Waals surface area contributed by atoms with Crippen molar-refractivity contribution in [3.63, 3.8) is 0 Å². The molecule has 124 valence electrons. The maximum Gasteiger partial charge on any atom is 0.225 e. The Morgan fingerprint density at radius 3 is 3.00 bits per heavy atom. The second-order valence-corrected chi connectivity index (χ2v) is 6.76. The van der Waals surface area contributed by atoms with Crippen LogP contribution in [0, 0.1) is 11.3 Å². The maximum absolute atomic E-state index is 12.0. The number of hydrogen-bond donors (Lipinski definition) is 1. The average Bonchev–Trinajstić information content (AvgIpc) is 3.35. The number of nitriles is 1. The van der Waals surface area contributed by atoms with E-state index in [1.54, 1.807) is 36.0 Å². The van der Waals surface area contributed by atoms with Crippen LogP contribution in [-0.4, -0.2) is 26.4 Å². The zero-order valence-corrected chi connectivity index (χ0v) is 14.3. The Morgan fingerprint density at radius 2 is 2.29 bits per heavy atom. The molecule has 0 atom stereocenters. The number of anilines is 1. The van der Waals surface area contributed by atoms with Crippen LogP contribution in [0.5, 0.6) is 0 Å². The number of carbonyl (C=O) groups excluding carboxylic acids is 1. The highest BCUT2D eigenvalue weighted by atomic mass is 32.2. The van der Waals surface area contributed by atoms with Crippen LogP contribution in [0.2, 0.25) is 0 Å². The van der Waals surface area contributed by atoms with Gasteiger partial charge >= 0.3 is 0 Å². The molecule has 1 saturated carbocycles. The molecule has 0 radical (unpaired) electrons. The van der Waals surface area contributed by atoms with Gasteiger partial charge in [-0.2, -0.15) is 5.26 Å². The van der Waals surface area contributed by atoms with Gasteiger partial charge in [-0.25, -0.2) is 0 Å². The summed E-state index contributed by atoms with van der Waals surface area (Å²) < 4.78 is 2.15. The highest BCUT2D eigenvalue weighted by Gasteiger charge is 2.29. The fourth-order valence-electron chi connectivity index (χ4n) is 2.47. The van der Waals surface area contributed by atoms with Crippen LogP contribution in [0.3, 0.4) is 0 Å². The van der Waals surface area contributed by atoms with Crippen molar-refractivity contribution in [1.82, 2.24) is 14.8 Å². The van der Waals surface area contributed by atoms with Gasteiger partial charge in [-0.15, -0.1) is 10.2 Å². The zero-order valence-electron chi connectivity index (χ0n) is 13.5. The Hall–Kier alpha value is -2.33. The molecule has 0 bridgehead atoms. The van der Waals surface area contributed by atoms with Crippen LogP contribution in [-0.2, 0) is 11.3 Å². The molecule has 0 aliphatic heterocycles. The summed E-state index contributed by atoms with van der Waals surface area (Å²) in [5, 5.41) is 21.1. The fraction of sp³-hybridized carbons (Fsp3) is 0.412. The van der Waals surface area contributed by atoms with Crippen molar-refractivity contribution >= 4 is 23.4 Å². The number of nitrogens with one attached hydrogen (secondary N) is 1. The lowest BCUT2D eigenvalue weighted by Gasteiger charge is -2.07. The molecule has 1 fully saturated rings. The smallest absolute Gasteiger partial charge is 0.225 e. The van der Waals surface area contributed by atoms with Crippen LogP contribution in [0.25, 0.3) is 0 Å². The second kappa shape index (κ2) is 7.49. The molecular weight excluding hydrogens is 322 g/mol. The second-order valence-electron chi connectivity index (χ2n) is 5.70. The normalized spacial score (nSPS) is 13.5. The first-order chi connectivity index (χ1) is 11.7. The van der Waals surface area contributed by atoms with Crippen molar-refractivity contribution in [3.05, 3.63) is 35.7 Å². The van der Waals surface area contributed by atoms with E-state index in [4.69, 9.17) is 5.26 Å². The summed E-state index contributed by atoms with van der Waals surface area (Å²) in [5.74, 6) is 2.23. The summed E-state index contributed by atoms with van der Waals surface area (Å²) >= 11 is 1.56. The third-order valence-electron chi connectivity index (χ3n) is 3.84. The van der Waals surface area contributed by atoms with Gasteiger partial charge in [-0.05, 0) is 38.0 Å². The van der Waals surface area contributed by atoms with Crippen molar-refractivity contribution in [2.45, 2.75) is 43.8 Å². The van der Waals surface area contributed by atoms with Crippen molar-refractivity contribution in [2.24, 2.45) is 0 Å². The van der Waals surface area contributed by atoms with Gasteiger partial charge in [-0.3, -0.25) is 4.79 Å². The first kappa shape index (κ1) is 16.5. The Bertz CT molecular complexity index is 776. The predicted molar refractivity (Wildman–Crippen MR) is 92.8 cm³/mol. The molecule has 0 spiro atoms. The summed E-state index contributed by atoms with van der Waals surface area (Å²) in [6, 6.07) is 8.97. The van der Waals surface area contributed by atoms with Crippen LogP contribution in [0.1, 0.15) is 43.5 Å². The summed E-state index contributed by atoms with van der Waals surface area (Å²) in [4.78, 5) is 12.0. The van der Waals surface area contributed by atoms with Gasteiger partial charge in [0.2, 0.25) is 5.91 Å². The topological polar surface area (TPSA) is 83.6 Å². The molecule has 2 aromatic rings. The van der Waals surface area contributed by atoms with Gasteiger partial charge in [0.05, 0.1) is 11.6 Å². The van der Waals surface area contributed by atoms with Gasteiger partial charge in [-0.1, -0.05) is 17.8 Å². The third-order valence-corrected chi connectivity index (χ3v) is 4.81. The molecule has 24 heavy (non-hydrogen) atoms. The maximum atomic E-state index is 12.0. The number of rotatable bonds is 7. The molecular formula is C17H19N5OS. The molecule has 7 heteroatoms. The van der Waals surface area contributed by atoms with Crippen molar-refractivity contribution in [3.8, 4) is 6.07 Å². The van der Waals surface area contributed by atoms with Gasteiger partial charge in [0, 0.05) is 30.3 Å². The van der Waals surface area contributed by atoms with Crippen molar-refractivity contribution in [2.75, 3.05) is 11.1 Å². The number of hydrogen-bond acceptors (Lipinski definition) is 5. The van der Waals surface area contributed by atoms with Gasteiger partial charge in [0.1, 0.15) is 5.82 Å². The van der Waals surface area contributed by atoms with E-state index in [9.17, 15) is 4.79 Å². The SMILES string of the molecule is CCn1c(SCCC(=O)Nc2cccc(C#N)c2)nnc1C1CC1. The largest absolute Gasteiger partial charge is 0.326 e. The minimum absolute atomic E-state index is 0.0671. The monoisotopic (exact) mass is 341 g/mol. The number of carbonyl (C=O) groups is 1. The molecule has 1 aromatic carbocycles. The number of benzene rings is 1. The molecule has 3 rings (SSSR count). The first-order valence-corrected chi connectivity index (χ1v) is 9.05. The Balaban J connectivity index is 1.51. The first-order valence-electron chi connectivity index (χ1n) is 8.07. The van der Waals surface area contributed by atoms with E-state index < -0.39 is 0 Å². The molecule has 1 aliphatic carbocycles. The minimum Gasteiger partial charge on any atom is -0.326 e.